The molecule has 0 saturated heterocycles. The fraction of sp³-hybridized carbons (Fsp3) is 0.500. The number of amides is 2. The largest absolute Gasteiger partial charge is 0.452 e. The van der Waals surface area contributed by atoms with Crippen LogP contribution in [0.3, 0.4) is 0 Å². The van der Waals surface area contributed by atoms with Gasteiger partial charge in [0.25, 0.3) is 0 Å². The van der Waals surface area contributed by atoms with Crippen molar-refractivity contribution in [2.24, 2.45) is 0 Å². The zero-order valence-electron chi connectivity index (χ0n) is 16.2. The van der Waals surface area contributed by atoms with Gasteiger partial charge in [0.1, 0.15) is 5.76 Å². The molecule has 1 aromatic carbocycles. The number of rotatable bonds is 3. The number of aliphatic hydroxyl groups is 1. The van der Waals surface area contributed by atoms with Crippen molar-refractivity contribution in [3.05, 3.63) is 45.2 Å². The van der Waals surface area contributed by atoms with Gasteiger partial charge in [0.15, 0.2) is 5.09 Å². The third-order valence-electron chi connectivity index (χ3n) is 6.39. The van der Waals surface area contributed by atoms with Crippen molar-refractivity contribution in [2.45, 2.75) is 75.9 Å². The lowest BCUT2D eigenvalue weighted by atomic mass is 9.93. The highest BCUT2D eigenvalue weighted by molar-refractivity contribution is 7.97. The molecule has 0 saturated carbocycles. The minimum atomic E-state index is -0.454. The molecule has 5 nitrogen and oxygen atoms in total. The Bertz CT molecular complexity index is 918. The van der Waals surface area contributed by atoms with E-state index in [1.807, 2.05) is 6.92 Å². The number of benzene rings is 1. The number of fused-ring (bicyclic) bond motifs is 3. The van der Waals surface area contributed by atoms with Crippen LogP contribution in [0.4, 0.5) is 10.5 Å². The van der Waals surface area contributed by atoms with Gasteiger partial charge in [-0.3, -0.25) is 4.72 Å². The normalized spacial score (nSPS) is 19.9. The van der Waals surface area contributed by atoms with Crippen molar-refractivity contribution < 1.29 is 14.3 Å². The van der Waals surface area contributed by atoms with Gasteiger partial charge in [0, 0.05) is 35.2 Å². The number of aliphatic hydroxyl groups excluding tert-OH is 1. The number of hydrogen-bond acceptors (Lipinski definition) is 4. The first-order valence-corrected chi connectivity index (χ1v) is 11.1. The number of aryl methyl sites for hydroxylation is 3. The van der Waals surface area contributed by atoms with E-state index in [9.17, 15) is 9.90 Å². The lowest BCUT2D eigenvalue weighted by Crippen LogP contribution is -2.24. The molecule has 1 unspecified atom stereocenters. The molecule has 3 aliphatic carbocycles. The van der Waals surface area contributed by atoms with E-state index in [0.717, 1.165) is 67.5 Å². The first-order chi connectivity index (χ1) is 13.6. The molecule has 1 atom stereocenters. The van der Waals surface area contributed by atoms with Crippen LogP contribution >= 0.6 is 11.9 Å². The van der Waals surface area contributed by atoms with E-state index in [-0.39, 0.29) is 6.03 Å². The summed E-state index contributed by atoms with van der Waals surface area (Å²) in [6.07, 6.45) is 8.78. The molecule has 1 heterocycles. The average molecular weight is 399 g/mol. The van der Waals surface area contributed by atoms with E-state index in [4.69, 9.17) is 4.42 Å². The van der Waals surface area contributed by atoms with Crippen molar-refractivity contribution in [1.29, 1.82) is 0 Å². The number of nitrogens with one attached hydrogen (secondary N) is 2. The molecule has 2 amide bonds. The van der Waals surface area contributed by atoms with Crippen LogP contribution < -0.4 is 10.0 Å². The number of carbonyl (C=O) groups is 1. The zero-order chi connectivity index (χ0) is 19.3. The summed E-state index contributed by atoms with van der Waals surface area (Å²) in [6.45, 7) is 1.95. The van der Waals surface area contributed by atoms with Crippen LogP contribution in [0, 0.1) is 6.92 Å². The maximum absolute atomic E-state index is 12.7. The molecule has 148 valence electrons. The van der Waals surface area contributed by atoms with Crippen LogP contribution in [0.1, 0.15) is 70.9 Å². The molecule has 2 aromatic rings. The van der Waals surface area contributed by atoms with Crippen LogP contribution in [0.25, 0.3) is 0 Å². The first-order valence-electron chi connectivity index (χ1n) is 10.3. The number of urea groups is 1. The van der Waals surface area contributed by atoms with E-state index in [0.29, 0.717) is 5.09 Å². The lowest BCUT2D eigenvalue weighted by molar-refractivity contribution is 0.151. The highest BCUT2D eigenvalue weighted by Crippen LogP contribution is 2.40. The van der Waals surface area contributed by atoms with E-state index < -0.39 is 6.10 Å². The second-order valence-corrected chi connectivity index (χ2v) is 8.93. The Morgan fingerprint density at radius 1 is 1.11 bits per heavy atom. The van der Waals surface area contributed by atoms with Gasteiger partial charge >= 0.3 is 6.03 Å². The van der Waals surface area contributed by atoms with Gasteiger partial charge in [0.2, 0.25) is 0 Å². The quantitative estimate of drug-likeness (QED) is 0.652. The molecule has 28 heavy (non-hydrogen) atoms. The third kappa shape index (κ3) is 3.03. The van der Waals surface area contributed by atoms with Crippen molar-refractivity contribution in [2.75, 3.05) is 5.32 Å². The van der Waals surface area contributed by atoms with Crippen LogP contribution in [-0.4, -0.2) is 11.1 Å². The molecule has 3 N–H and O–H groups in total. The minimum Gasteiger partial charge on any atom is -0.452 e. The standard InChI is InChI=1S/C22H26N2O3S/c1-12-19-17(25)9-4-10-18(19)27-21(12)28-24-22(26)23-20-15-7-2-5-13(15)11-14-6-3-8-16(14)20/h11,17,25H,2-10H2,1H3,(H2,23,24,26). The number of hydrogen-bond donors (Lipinski definition) is 3. The summed E-state index contributed by atoms with van der Waals surface area (Å²) in [5.41, 5.74) is 8.37. The van der Waals surface area contributed by atoms with Gasteiger partial charge < -0.3 is 14.8 Å². The Kier molecular flexibility index (Phi) is 4.63. The van der Waals surface area contributed by atoms with Crippen LogP contribution in [0.2, 0.25) is 0 Å². The van der Waals surface area contributed by atoms with Gasteiger partial charge in [-0.2, -0.15) is 0 Å². The molecule has 1 aromatic heterocycles. The summed E-state index contributed by atoms with van der Waals surface area (Å²) in [4.78, 5) is 12.7. The van der Waals surface area contributed by atoms with Crippen molar-refractivity contribution in [3.8, 4) is 0 Å². The number of furan rings is 1. The molecule has 0 aliphatic heterocycles. The van der Waals surface area contributed by atoms with E-state index in [2.05, 4.69) is 16.1 Å². The van der Waals surface area contributed by atoms with Crippen molar-refractivity contribution >= 4 is 23.7 Å². The maximum atomic E-state index is 12.7. The fourth-order valence-electron chi connectivity index (χ4n) is 5.08. The lowest BCUT2D eigenvalue weighted by Gasteiger charge is -2.16. The zero-order valence-corrected chi connectivity index (χ0v) is 17.0. The summed E-state index contributed by atoms with van der Waals surface area (Å²) >= 11 is 1.20. The second kappa shape index (κ2) is 7.16. The summed E-state index contributed by atoms with van der Waals surface area (Å²) in [6, 6.07) is 2.15. The van der Waals surface area contributed by atoms with Crippen molar-refractivity contribution in [1.82, 2.24) is 4.72 Å². The molecule has 0 bridgehead atoms. The van der Waals surface area contributed by atoms with Gasteiger partial charge in [-0.1, -0.05) is 6.07 Å². The van der Waals surface area contributed by atoms with E-state index in [1.54, 1.807) is 0 Å². The topological polar surface area (TPSA) is 74.5 Å². The van der Waals surface area contributed by atoms with Gasteiger partial charge in [-0.25, -0.2) is 4.79 Å². The maximum Gasteiger partial charge on any atom is 0.329 e. The Morgan fingerprint density at radius 2 is 1.82 bits per heavy atom. The molecule has 0 fully saturated rings. The minimum absolute atomic E-state index is 0.214. The molecule has 5 rings (SSSR count). The second-order valence-electron chi connectivity index (χ2n) is 8.15. The fourth-order valence-corrected chi connectivity index (χ4v) is 5.72. The average Bonchev–Trinajstić information content (AvgIpc) is 3.39. The predicted molar refractivity (Wildman–Crippen MR) is 110 cm³/mol. The smallest absolute Gasteiger partial charge is 0.329 e. The molecule has 0 spiro atoms. The summed E-state index contributed by atoms with van der Waals surface area (Å²) in [7, 11) is 0. The van der Waals surface area contributed by atoms with Crippen LogP contribution in [-0.2, 0) is 32.1 Å². The number of carbonyl (C=O) groups excluding carboxylic acids is 1. The molecule has 3 aliphatic rings. The Hall–Kier alpha value is -1.92. The monoisotopic (exact) mass is 398 g/mol. The molecule has 6 heteroatoms. The first kappa shape index (κ1) is 18.1. The summed E-state index contributed by atoms with van der Waals surface area (Å²) in [5.74, 6) is 0.861. The Morgan fingerprint density at radius 3 is 2.50 bits per heavy atom. The highest BCUT2D eigenvalue weighted by Gasteiger charge is 2.28. The summed E-state index contributed by atoms with van der Waals surface area (Å²) in [5, 5.41) is 14.0. The SMILES string of the molecule is Cc1c(SNC(=O)Nc2c3c(cc4c2CCC4)CCC3)oc2c1C(O)CCC2. The van der Waals surface area contributed by atoms with Crippen molar-refractivity contribution in [3.63, 3.8) is 0 Å². The summed E-state index contributed by atoms with van der Waals surface area (Å²) < 4.78 is 8.80. The molecular formula is C22H26N2O3S. The third-order valence-corrected chi connectivity index (χ3v) is 7.25. The van der Waals surface area contributed by atoms with Crippen LogP contribution in [0.5, 0.6) is 0 Å². The van der Waals surface area contributed by atoms with E-state index in [1.165, 1.54) is 47.0 Å². The highest BCUT2D eigenvalue weighted by atomic mass is 32.2. The number of anilines is 1. The molecule has 0 radical (unpaired) electrons. The Balaban J connectivity index is 1.32. The van der Waals surface area contributed by atoms with E-state index >= 15 is 0 Å². The van der Waals surface area contributed by atoms with Gasteiger partial charge in [0.05, 0.1) is 6.10 Å². The van der Waals surface area contributed by atoms with Crippen LogP contribution in [0.15, 0.2) is 15.6 Å². The van der Waals surface area contributed by atoms with Gasteiger partial charge in [-0.05, 0) is 80.5 Å². The predicted octanol–water partition coefficient (Wildman–Crippen LogP) is 4.76. The Labute approximate surface area is 169 Å². The van der Waals surface area contributed by atoms with Gasteiger partial charge in [-0.15, -0.1) is 0 Å². The molecular weight excluding hydrogens is 372 g/mol.